The molecule has 3 N–H and O–H groups in total. The van der Waals surface area contributed by atoms with E-state index in [2.05, 4.69) is 10.3 Å². The van der Waals surface area contributed by atoms with E-state index in [0.717, 1.165) is 18.5 Å². The molecule has 2 rings (SSSR count). The Morgan fingerprint density at radius 2 is 2.21 bits per heavy atom. The van der Waals surface area contributed by atoms with Gasteiger partial charge in [0.05, 0.1) is 5.69 Å². The van der Waals surface area contributed by atoms with E-state index in [-0.39, 0.29) is 12.5 Å². The SMILES string of the molecule is Cc1ccc(OCC(=O)NC2CCCC2)c(CN)n1. The van der Waals surface area contributed by atoms with Crippen molar-refractivity contribution >= 4 is 5.91 Å². The lowest BCUT2D eigenvalue weighted by atomic mass is 10.2. The lowest BCUT2D eigenvalue weighted by Crippen LogP contribution is -2.36. The van der Waals surface area contributed by atoms with Gasteiger partial charge in [-0.05, 0) is 31.9 Å². The first-order valence-corrected chi connectivity index (χ1v) is 6.78. The molecule has 0 spiro atoms. The van der Waals surface area contributed by atoms with E-state index < -0.39 is 0 Å². The average molecular weight is 263 g/mol. The second kappa shape index (κ2) is 6.52. The Hall–Kier alpha value is -1.62. The van der Waals surface area contributed by atoms with Gasteiger partial charge in [-0.15, -0.1) is 0 Å². The number of aryl methyl sites for hydroxylation is 1. The van der Waals surface area contributed by atoms with E-state index >= 15 is 0 Å². The van der Waals surface area contributed by atoms with E-state index in [9.17, 15) is 4.79 Å². The monoisotopic (exact) mass is 263 g/mol. The van der Waals surface area contributed by atoms with Crippen molar-refractivity contribution in [3.8, 4) is 5.75 Å². The molecule has 19 heavy (non-hydrogen) atoms. The van der Waals surface area contributed by atoms with Crippen LogP contribution >= 0.6 is 0 Å². The summed E-state index contributed by atoms with van der Waals surface area (Å²) < 4.78 is 5.50. The first kappa shape index (κ1) is 13.8. The van der Waals surface area contributed by atoms with Crippen molar-refractivity contribution in [3.63, 3.8) is 0 Å². The third-order valence-corrected chi connectivity index (χ3v) is 3.34. The molecule has 1 aromatic rings. The number of rotatable bonds is 5. The van der Waals surface area contributed by atoms with Crippen molar-refractivity contribution in [1.29, 1.82) is 0 Å². The van der Waals surface area contributed by atoms with E-state index in [0.29, 0.717) is 24.0 Å². The maximum Gasteiger partial charge on any atom is 0.258 e. The van der Waals surface area contributed by atoms with Crippen LogP contribution in [-0.2, 0) is 11.3 Å². The Morgan fingerprint density at radius 3 is 2.89 bits per heavy atom. The van der Waals surface area contributed by atoms with Gasteiger partial charge in [-0.3, -0.25) is 9.78 Å². The Balaban J connectivity index is 1.85. The number of pyridine rings is 1. The van der Waals surface area contributed by atoms with Crippen LogP contribution < -0.4 is 15.8 Å². The van der Waals surface area contributed by atoms with Gasteiger partial charge in [0, 0.05) is 18.3 Å². The van der Waals surface area contributed by atoms with Gasteiger partial charge in [0.1, 0.15) is 5.75 Å². The lowest BCUT2D eigenvalue weighted by molar-refractivity contribution is -0.123. The number of aromatic nitrogens is 1. The van der Waals surface area contributed by atoms with Gasteiger partial charge in [-0.2, -0.15) is 0 Å². The molecule has 1 amide bonds. The average Bonchev–Trinajstić information content (AvgIpc) is 2.90. The molecule has 1 heterocycles. The van der Waals surface area contributed by atoms with Crippen LogP contribution in [0.1, 0.15) is 37.1 Å². The predicted octanol–water partition coefficient (Wildman–Crippen LogP) is 1.29. The van der Waals surface area contributed by atoms with Crippen molar-refractivity contribution in [2.45, 2.75) is 45.2 Å². The van der Waals surface area contributed by atoms with E-state index in [4.69, 9.17) is 10.5 Å². The minimum atomic E-state index is -0.0737. The minimum Gasteiger partial charge on any atom is -0.482 e. The topological polar surface area (TPSA) is 77.2 Å². The number of nitrogens with two attached hydrogens (primary N) is 1. The zero-order chi connectivity index (χ0) is 13.7. The van der Waals surface area contributed by atoms with Crippen molar-refractivity contribution in [1.82, 2.24) is 10.3 Å². The van der Waals surface area contributed by atoms with Crippen LogP contribution in [-0.4, -0.2) is 23.5 Å². The summed E-state index contributed by atoms with van der Waals surface area (Å²) in [5.41, 5.74) is 7.20. The molecule has 1 saturated carbocycles. The predicted molar refractivity (Wildman–Crippen MR) is 72.8 cm³/mol. The maximum atomic E-state index is 11.8. The highest BCUT2D eigenvalue weighted by molar-refractivity contribution is 5.77. The first-order chi connectivity index (χ1) is 9.19. The maximum absolute atomic E-state index is 11.8. The summed E-state index contributed by atoms with van der Waals surface area (Å²) in [6.07, 6.45) is 4.55. The summed E-state index contributed by atoms with van der Waals surface area (Å²) >= 11 is 0. The van der Waals surface area contributed by atoms with E-state index in [1.807, 2.05) is 19.1 Å². The van der Waals surface area contributed by atoms with Crippen molar-refractivity contribution in [3.05, 3.63) is 23.5 Å². The second-order valence-corrected chi connectivity index (χ2v) is 4.94. The molecule has 0 unspecified atom stereocenters. The quantitative estimate of drug-likeness (QED) is 0.839. The van der Waals surface area contributed by atoms with Crippen molar-refractivity contribution in [2.75, 3.05) is 6.61 Å². The molecule has 0 atom stereocenters. The summed E-state index contributed by atoms with van der Waals surface area (Å²) in [7, 11) is 0. The number of amides is 1. The fourth-order valence-corrected chi connectivity index (χ4v) is 2.36. The van der Waals surface area contributed by atoms with Crippen LogP contribution in [0.25, 0.3) is 0 Å². The molecule has 1 aliphatic carbocycles. The van der Waals surface area contributed by atoms with Gasteiger partial charge in [0.15, 0.2) is 6.61 Å². The number of hydrogen-bond acceptors (Lipinski definition) is 4. The van der Waals surface area contributed by atoms with Crippen LogP contribution in [0.2, 0.25) is 0 Å². The number of carbonyl (C=O) groups is 1. The number of nitrogens with one attached hydrogen (secondary N) is 1. The number of carbonyl (C=O) groups excluding carboxylic acids is 1. The normalized spacial score (nSPS) is 15.5. The zero-order valence-electron chi connectivity index (χ0n) is 11.3. The summed E-state index contributed by atoms with van der Waals surface area (Å²) in [5.74, 6) is 0.519. The summed E-state index contributed by atoms with van der Waals surface area (Å²) in [6.45, 7) is 2.23. The van der Waals surface area contributed by atoms with Gasteiger partial charge < -0.3 is 15.8 Å². The fraction of sp³-hybridized carbons (Fsp3) is 0.571. The Morgan fingerprint density at radius 1 is 1.47 bits per heavy atom. The van der Waals surface area contributed by atoms with Gasteiger partial charge in [0.25, 0.3) is 5.91 Å². The molecule has 1 fully saturated rings. The Kier molecular flexibility index (Phi) is 4.74. The molecule has 5 nitrogen and oxygen atoms in total. The summed E-state index contributed by atoms with van der Waals surface area (Å²) in [6, 6.07) is 3.98. The fourth-order valence-electron chi connectivity index (χ4n) is 2.36. The van der Waals surface area contributed by atoms with Crippen LogP contribution in [0, 0.1) is 6.92 Å². The van der Waals surface area contributed by atoms with Gasteiger partial charge in [-0.25, -0.2) is 0 Å². The first-order valence-electron chi connectivity index (χ1n) is 6.78. The summed E-state index contributed by atoms with van der Waals surface area (Å²) in [5, 5.41) is 2.98. The minimum absolute atomic E-state index is 0.0221. The van der Waals surface area contributed by atoms with Gasteiger partial charge in [0.2, 0.25) is 0 Å². The Labute approximate surface area is 113 Å². The molecule has 5 heteroatoms. The lowest BCUT2D eigenvalue weighted by Gasteiger charge is -2.13. The molecule has 0 aromatic carbocycles. The number of hydrogen-bond donors (Lipinski definition) is 2. The van der Waals surface area contributed by atoms with Crippen LogP contribution in [0.3, 0.4) is 0 Å². The highest BCUT2D eigenvalue weighted by Crippen LogP contribution is 2.18. The van der Waals surface area contributed by atoms with E-state index in [1.54, 1.807) is 0 Å². The van der Waals surface area contributed by atoms with Crippen LogP contribution in [0.15, 0.2) is 12.1 Å². The van der Waals surface area contributed by atoms with Crippen LogP contribution in [0.4, 0.5) is 0 Å². The van der Waals surface area contributed by atoms with Crippen molar-refractivity contribution in [2.24, 2.45) is 5.73 Å². The highest BCUT2D eigenvalue weighted by Gasteiger charge is 2.17. The third kappa shape index (κ3) is 3.92. The molecular weight excluding hydrogens is 242 g/mol. The molecule has 1 aromatic heterocycles. The van der Waals surface area contributed by atoms with E-state index in [1.165, 1.54) is 12.8 Å². The van der Waals surface area contributed by atoms with Crippen LogP contribution in [0.5, 0.6) is 5.75 Å². The van der Waals surface area contributed by atoms with Gasteiger partial charge in [-0.1, -0.05) is 12.8 Å². The molecule has 104 valence electrons. The second-order valence-electron chi connectivity index (χ2n) is 4.94. The molecule has 1 aliphatic rings. The third-order valence-electron chi connectivity index (χ3n) is 3.34. The smallest absolute Gasteiger partial charge is 0.258 e. The Bertz CT molecular complexity index is 442. The highest BCUT2D eigenvalue weighted by atomic mass is 16.5. The molecule has 0 bridgehead atoms. The van der Waals surface area contributed by atoms with Crippen molar-refractivity contribution < 1.29 is 9.53 Å². The molecule has 0 aliphatic heterocycles. The summed E-state index contributed by atoms with van der Waals surface area (Å²) in [4.78, 5) is 16.0. The largest absolute Gasteiger partial charge is 0.482 e. The zero-order valence-corrected chi connectivity index (χ0v) is 11.3. The molecular formula is C14H21N3O2. The molecule has 0 radical (unpaired) electrons. The number of nitrogens with zero attached hydrogens (tertiary/aromatic N) is 1. The number of ether oxygens (including phenoxy) is 1. The van der Waals surface area contributed by atoms with Gasteiger partial charge >= 0.3 is 0 Å². The standard InChI is InChI=1S/C14H21N3O2/c1-10-6-7-13(12(8-15)16-10)19-9-14(18)17-11-4-2-3-5-11/h6-7,11H,2-5,8-9,15H2,1H3,(H,17,18). The molecule has 0 saturated heterocycles.